The van der Waals surface area contributed by atoms with Gasteiger partial charge in [0.2, 0.25) is 5.91 Å². The van der Waals surface area contributed by atoms with Crippen LogP contribution in [0.4, 0.5) is 0 Å². The molecule has 2 aromatic rings. The Labute approximate surface area is 150 Å². The molecule has 0 aliphatic carbocycles. The van der Waals surface area contributed by atoms with E-state index in [4.69, 9.17) is 27.9 Å². The fourth-order valence-electron chi connectivity index (χ4n) is 1.81. The second-order valence-corrected chi connectivity index (χ2v) is 6.74. The fourth-order valence-corrected chi connectivity index (χ4v) is 2.78. The smallest absolute Gasteiger partial charge is 0.230 e. The van der Waals surface area contributed by atoms with Crippen LogP contribution in [0.15, 0.2) is 48.5 Å². The van der Waals surface area contributed by atoms with E-state index < -0.39 is 0 Å². The zero-order valence-electron chi connectivity index (χ0n) is 12.4. The lowest BCUT2D eigenvalue weighted by molar-refractivity contribution is -0.118. The summed E-state index contributed by atoms with van der Waals surface area (Å²) in [4.78, 5) is 11.8. The van der Waals surface area contributed by atoms with Crippen molar-refractivity contribution in [1.82, 2.24) is 5.32 Å². The Balaban J connectivity index is 1.57. The standard InChI is InChI=1S/C17H17Cl2NO2S/c18-14-4-6-16(7-5-14)22-8-9-23-12-17(21)20-11-13-2-1-3-15(19)10-13/h1-7,10H,8-9,11-12H2,(H,20,21). The fraction of sp³-hybridized carbons (Fsp3) is 0.235. The third-order valence-corrected chi connectivity index (χ3v) is 4.33. The van der Waals surface area contributed by atoms with E-state index in [2.05, 4.69) is 5.32 Å². The van der Waals surface area contributed by atoms with E-state index in [1.807, 2.05) is 36.4 Å². The highest BCUT2D eigenvalue weighted by molar-refractivity contribution is 7.99. The lowest BCUT2D eigenvalue weighted by Crippen LogP contribution is -2.24. The SMILES string of the molecule is O=C(CSCCOc1ccc(Cl)cc1)NCc1cccc(Cl)c1. The summed E-state index contributed by atoms with van der Waals surface area (Å²) in [7, 11) is 0. The Morgan fingerprint density at radius 3 is 2.61 bits per heavy atom. The van der Waals surface area contributed by atoms with Crippen molar-refractivity contribution in [1.29, 1.82) is 0 Å². The van der Waals surface area contributed by atoms with Gasteiger partial charge in [-0.25, -0.2) is 0 Å². The molecule has 23 heavy (non-hydrogen) atoms. The van der Waals surface area contributed by atoms with Crippen molar-refractivity contribution in [2.75, 3.05) is 18.1 Å². The van der Waals surface area contributed by atoms with Gasteiger partial charge in [-0.1, -0.05) is 35.3 Å². The molecule has 0 radical (unpaired) electrons. The Hall–Kier alpha value is -1.36. The molecular formula is C17H17Cl2NO2S. The number of carbonyl (C=O) groups is 1. The number of rotatable bonds is 8. The Bertz CT molecular complexity index is 635. The van der Waals surface area contributed by atoms with Crippen LogP contribution in [-0.2, 0) is 11.3 Å². The largest absolute Gasteiger partial charge is 0.493 e. The number of ether oxygens (including phenoxy) is 1. The summed E-state index contributed by atoms with van der Waals surface area (Å²) in [5.74, 6) is 1.93. The third-order valence-electron chi connectivity index (χ3n) is 2.92. The second kappa shape index (κ2) is 9.71. The number of thioether (sulfide) groups is 1. The predicted molar refractivity (Wildman–Crippen MR) is 97.6 cm³/mol. The van der Waals surface area contributed by atoms with Gasteiger partial charge in [0.1, 0.15) is 5.75 Å². The quantitative estimate of drug-likeness (QED) is 0.699. The van der Waals surface area contributed by atoms with E-state index in [9.17, 15) is 4.79 Å². The summed E-state index contributed by atoms with van der Waals surface area (Å²) in [5, 5.41) is 4.22. The van der Waals surface area contributed by atoms with Crippen LogP contribution in [0, 0.1) is 0 Å². The van der Waals surface area contributed by atoms with Gasteiger partial charge in [-0.3, -0.25) is 4.79 Å². The Kier molecular flexibility index (Phi) is 7.59. The van der Waals surface area contributed by atoms with Crippen LogP contribution in [0.25, 0.3) is 0 Å². The van der Waals surface area contributed by atoms with Crippen LogP contribution in [0.3, 0.4) is 0 Å². The first-order chi connectivity index (χ1) is 11.1. The van der Waals surface area contributed by atoms with Crippen LogP contribution >= 0.6 is 35.0 Å². The summed E-state index contributed by atoms with van der Waals surface area (Å²) in [6.07, 6.45) is 0. The normalized spacial score (nSPS) is 10.3. The first kappa shape index (κ1) is 18.0. The monoisotopic (exact) mass is 369 g/mol. The maximum Gasteiger partial charge on any atom is 0.230 e. The van der Waals surface area contributed by atoms with Crippen molar-refractivity contribution in [2.45, 2.75) is 6.54 Å². The summed E-state index contributed by atoms with van der Waals surface area (Å²) >= 11 is 13.2. The third kappa shape index (κ3) is 7.16. The molecule has 0 aliphatic heterocycles. The zero-order valence-corrected chi connectivity index (χ0v) is 14.8. The Morgan fingerprint density at radius 2 is 1.87 bits per heavy atom. The van der Waals surface area contributed by atoms with E-state index in [1.165, 1.54) is 11.8 Å². The molecule has 0 atom stereocenters. The summed E-state index contributed by atoms with van der Waals surface area (Å²) in [5.41, 5.74) is 0.988. The number of carbonyl (C=O) groups excluding carboxylic acids is 1. The predicted octanol–water partition coefficient (Wildman–Crippen LogP) is 4.42. The number of halogens is 2. The van der Waals surface area contributed by atoms with Gasteiger partial charge in [-0.05, 0) is 42.0 Å². The summed E-state index contributed by atoms with van der Waals surface area (Å²) in [6.45, 7) is 1.04. The van der Waals surface area contributed by atoms with Gasteiger partial charge in [0.25, 0.3) is 0 Å². The highest BCUT2D eigenvalue weighted by Gasteiger charge is 2.02. The van der Waals surface area contributed by atoms with Gasteiger partial charge >= 0.3 is 0 Å². The Morgan fingerprint density at radius 1 is 1.09 bits per heavy atom. The van der Waals surface area contributed by atoms with Gasteiger partial charge < -0.3 is 10.1 Å². The highest BCUT2D eigenvalue weighted by atomic mass is 35.5. The van der Waals surface area contributed by atoms with Crippen molar-refractivity contribution < 1.29 is 9.53 Å². The van der Waals surface area contributed by atoms with Gasteiger partial charge in [0, 0.05) is 22.3 Å². The van der Waals surface area contributed by atoms with Crippen molar-refractivity contribution in [3.63, 3.8) is 0 Å². The molecule has 3 nitrogen and oxygen atoms in total. The van der Waals surface area contributed by atoms with Crippen molar-refractivity contribution >= 4 is 40.9 Å². The summed E-state index contributed by atoms with van der Waals surface area (Å²) < 4.78 is 5.56. The minimum absolute atomic E-state index is 0.00136. The molecular weight excluding hydrogens is 353 g/mol. The molecule has 0 spiro atoms. The number of benzene rings is 2. The van der Waals surface area contributed by atoms with E-state index in [0.29, 0.717) is 28.9 Å². The molecule has 1 amide bonds. The van der Waals surface area contributed by atoms with Gasteiger partial charge in [-0.2, -0.15) is 0 Å². The number of amides is 1. The topological polar surface area (TPSA) is 38.3 Å². The molecule has 0 aromatic heterocycles. The number of nitrogens with one attached hydrogen (secondary N) is 1. The number of hydrogen-bond donors (Lipinski definition) is 1. The van der Waals surface area contributed by atoms with Crippen molar-refractivity contribution in [3.8, 4) is 5.75 Å². The van der Waals surface area contributed by atoms with Crippen LogP contribution in [0.2, 0.25) is 10.0 Å². The van der Waals surface area contributed by atoms with E-state index in [1.54, 1.807) is 12.1 Å². The molecule has 0 unspecified atom stereocenters. The average Bonchev–Trinajstić information content (AvgIpc) is 2.54. The first-order valence-electron chi connectivity index (χ1n) is 7.11. The van der Waals surface area contributed by atoms with E-state index >= 15 is 0 Å². The molecule has 0 fully saturated rings. The molecule has 122 valence electrons. The van der Waals surface area contributed by atoms with E-state index in [-0.39, 0.29) is 5.91 Å². The average molecular weight is 370 g/mol. The molecule has 0 saturated carbocycles. The lowest BCUT2D eigenvalue weighted by atomic mass is 10.2. The molecule has 0 saturated heterocycles. The molecule has 0 bridgehead atoms. The highest BCUT2D eigenvalue weighted by Crippen LogP contribution is 2.15. The first-order valence-corrected chi connectivity index (χ1v) is 9.02. The lowest BCUT2D eigenvalue weighted by Gasteiger charge is -2.07. The molecule has 2 aromatic carbocycles. The molecule has 1 N–H and O–H groups in total. The minimum atomic E-state index is 0.00136. The van der Waals surface area contributed by atoms with Crippen LogP contribution in [-0.4, -0.2) is 24.0 Å². The molecule has 6 heteroatoms. The van der Waals surface area contributed by atoms with Crippen molar-refractivity contribution in [2.24, 2.45) is 0 Å². The van der Waals surface area contributed by atoms with Gasteiger partial charge in [0.15, 0.2) is 0 Å². The summed E-state index contributed by atoms with van der Waals surface area (Å²) in [6, 6.07) is 14.7. The second-order valence-electron chi connectivity index (χ2n) is 4.76. The van der Waals surface area contributed by atoms with Crippen LogP contribution in [0.1, 0.15) is 5.56 Å². The number of hydrogen-bond acceptors (Lipinski definition) is 3. The molecule has 2 rings (SSSR count). The maximum absolute atomic E-state index is 11.8. The molecule has 0 aliphatic rings. The zero-order chi connectivity index (χ0) is 16.5. The minimum Gasteiger partial charge on any atom is -0.493 e. The molecule has 0 heterocycles. The van der Waals surface area contributed by atoms with Gasteiger partial charge in [-0.15, -0.1) is 11.8 Å². The maximum atomic E-state index is 11.8. The van der Waals surface area contributed by atoms with Gasteiger partial charge in [0.05, 0.1) is 12.4 Å². The van der Waals surface area contributed by atoms with Crippen molar-refractivity contribution in [3.05, 3.63) is 64.1 Å². The van der Waals surface area contributed by atoms with Crippen LogP contribution in [0.5, 0.6) is 5.75 Å². The van der Waals surface area contributed by atoms with Crippen LogP contribution < -0.4 is 10.1 Å². The van der Waals surface area contributed by atoms with E-state index in [0.717, 1.165) is 17.1 Å².